The monoisotopic (exact) mass is 338 g/mol. The molecule has 1 aromatic carbocycles. The van der Waals surface area contributed by atoms with E-state index >= 15 is 0 Å². The predicted octanol–water partition coefficient (Wildman–Crippen LogP) is 2.62. The fraction of sp³-hybridized carbons (Fsp3) is 0.278. The van der Waals surface area contributed by atoms with Crippen LogP contribution in [0.1, 0.15) is 24.2 Å². The Hall–Kier alpha value is -3.09. The van der Waals surface area contributed by atoms with Gasteiger partial charge in [0.2, 0.25) is 5.95 Å². The molecule has 2 heterocycles. The number of carbonyl (C=O) groups is 1. The van der Waals surface area contributed by atoms with Crippen molar-refractivity contribution in [2.24, 2.45) is 0 Å². The lowest BCUT2D eigenvalue weighted by Gasteiger charge is -2.10. The van der Waals surface area contributed by atoms with Gasteiger partial charge in [-0.05, 0) is 43.5 Å². The first kappa shape index (κ1) is 15.4. The summed E-state index contributed by atoms with van der Waals surface area (Å²) in [6.45, 7) is -0.106. The maximum Gasteiger partial charge on any atom is 0.276 e. The molecule has 1 aliphatic rings. The van der Waals surface area contributed by atoms with Gasteiger partial charge in [-0.15, -0.1) is 0 Å². The summed E-state index contributed by atoms with van der Waals surface area (Å²) >= 11 is 0. The number of aromatic nitrogens is 2. The first-order valence-corrected chi connectivity index (χ1v) is 8.28. The number of fused-ring (bicyclic) bond motifs is 3. The van der Waals surface area contributed by atoms with Gasteiger partial charge >= 0.3 is 0 Å². The second-order valence-corrected chi connectivity index (χ2v) is 5.90. The minimum Gasteiger partial charge on any atom is -0.484 e. The molecule has 2 aromatic heterocycles. The lowest BCUT2D eigenvalue weighted by Crippen LogP contribution is -2.34. The average molecular weight is 338 g/mol. The van der Waals surface area contributed by atoms with E-state index in [0.717, 1.165) is 29.6 Å². The van der Waals surface area contributed by atoms with Crippen LogP contribution in [0.15, 0.2) is 41.1 Å². The van der Waals surface area contributed by atoms with Crippen molar-refractivity contribution >= 4 is 22.8 Å². The fourth-order valence-corrected chi connectivity index (χ4v) is 3.01. The molecule has 7 nitrogen and oxygen atoms in total. The Labute approximate surface area is 144 Å². The quantitative estimate of drug-likeness (QED) is 0.695. The molecule has 2 N–H and O–H groups in total. The first-order chi connectivity index (χ1) is 12.3. The van der Waals surface area contributed by atoms with Gasteiger partial charge in [0.15, 0.2) is 6.61 Å². The lowest BCUT2D eigenvalue weighted by atomic mass is 9.96. The van der Waals surface area contributed by atoms with Gasteiger partial charge in [-0.2, -0.15) is 0 Å². The normalized spacial score (nSPS) is 13.3. The minimum absolute atomic E-state index is 0.106. The number of hydrogen-bond acceptors (Lipinski definition) is 6. The summed E-state index contributed by atoms with van der Waals surface area (Å²) in [6.07, 6.45) is 7.55. The van der Waals surface area contributed by atoms with Gasteiger partial charge in [0.25, 0.3) is 5.91 Å². The van der Waals surface area contributed by atoms with Crippen molar-refractivity contribution in [2.75, 3.05) is 12.0 Å². The number of ether oxygens (including phenoxy) is 1. The maximum atomic E-state index is 11.9. The Bertz CT molecular complexity index is 892. The second kappa shape index (κ2) is 6.80. The summed E-state index contributed by atoms with van der Waals surface area (Å²) in [5.74, 6) is 1.74. The van der Waals surface area contributed by atoms with Crippen LogP contribution >= 0.6 is 0 Å². The summed E-state index contributed by atoms with van der Waals surface area (Å²) < 4.78 is 11.5. The number of furan rings is 1. The van der Waals surface area contributed by atoms with E-state index in [4.69, 9.17) is 9.15 Å². The zero-order valence-electron chi connectivity index (χ0n) is 13.6. The smallest absolute Gasteiger partial charge is 0.276 e. The van der Waals surface area contributed by atoms with Gasteiger partial charge in [-0.25, -0.2) is 9.97 Å². The van der Waals surface area contributed by atoms with E-state index in [1.54, 1.807) is 18.5 Å². The molecule has 4 rings (SSSR count). The molecule has 128 valence electrons. The lowest BCUT2D eigenvalue weighted by molar-refractivity contribution is -0.122. The van der Waals surface area contributed by atoms with Crippen LogP contribution in [0.25, 0.3) is 11.0 Å². The summed E-state index contributed by atoms with van der Waals surface area (Å²) in [4.78, 5) is 19.8. The standard InChI is InChI=1S/C18H18N4O3/c23-17(21-22-18-19-8-3-9-20-18)11-24-12-6-7-16-14(10-12)13-4-1-2-5-15(13)25-16/h3,6-10H,1-2,4-5,11H2,(H,21,23)(H,19,20,22). The minimum atomic E-state index is -0.318. The van der Waals surface area contributed by atoms with Gasteiger partial charge in [0.1, 0.15) is 17.1 Å². The van der Waals surface area contributed by atoms with Crippen molar-refractivity contribution in [3.8, 4) is 5.75 Å². The molecule has 1 aliphatic carbocycles. The third-order valence-corrected chi connectivity index (χ3v) is 4.18. The molecule has 7 heteroatoms. The third kappa shape index (κ3) is 3.40. The average Bonchev–Trinajstić information content (AvgIpc) is 3.03. The zero-order valence-corrected chi connectivity index (χ0v) is 13.6. The van der Waals surface area contributed by atoms with Crippen molar-refractivity contribution in [1.29, 1.82) is 0 Å². The zero-order chi connectivity index (χ0) is 17.1. The van der Waals surface area contributed by atoms with E-state index in [-0.39, 0.29) is 12.5 Å². The van der Waals surface area contributed by atoms with Crippen LogP contribution < -0.4 is 15.6 Å². The van der Waals surface area contributed by atoms with Crippen LogP contribution in [0, 0.1) is 0 Å². The molecule has 0 saturated heterocycles. The summed E-state index contributed by atoms with van der Waals surface area (Å²) in [7, 11) is 0. The van der Waals surface area contributed by atoms with Crippen LogP contribution in [-0.2, 0) is 17.6 Å². The molecule has 0 spiro atoms. The Morgan fingerprint density at radius 1 is 1.20 bits per heavy atom. The number of rotatable bonds is 5. The largest absolute Gasteiger partial charge is 0.484 e. The third-order valence-electron chi connectivity index (χ3n) is 4.18. The Balaban J connectivity index is 1.38. The Kier molecular flexibility index (Phi) is 4.20. The first-order valence-electron chi connectivity index (χ1n) is 8.28. The number of nitrogens with one attached hydrogen (secondary N) is 2. The van der Waals surface area contributed by atoms with Crippen LogP contribution in [0.2, 0.25) is 0 Å². The molecule has 1 amide bonds. The molecule has 0 radical (unpaired) electrons. The van der Waals surface area contributed by atoms with Crippen molar-refractivity contribution in [2.45, 2.75) is 25.7 Å². The summed E-state index contributed by atoms with van der Waals surface area (Å²) in [5, 5.41) is 1.09. The van der Waals surface area contributed by atoms with Crippen molar-refractivity contribution in [3.05, 3.63) is 48.0 Å². The number of benzene rings is 1. The van der Waals surface area contributed by atoms with Crippen LogP contribution in [0.4, 0.5) is 5.95 Å². The SMILES string of the molecule is O=C(COc1ccc2oc3c(c2c1)CCCC3)NNc1ncccn1. The molecule has 25 heavy (non-hydrogen) atoms. The molecule has 0 unspecified atom stereocenters. The van der Waals surface area contributed by atoms with E-state index in [9.17, 15) is 4.79 Å². The molecule has 0 fully saturated rings. The van der Waals surface area contributed by atoms with E-state index in [2.05, 4.69) is 20.8 Å². The van der Waals surface area contributed by atoms with Crippen LogP contribution in [-0.4, -0.2) is 22.5 Å². The number of nitrogens with zero attached hydrogens (tertiary/aromatic N) is 2. The van der Waals surface area contributed by atoms with Crippen LogP contribution in [0.5, 0.6) is 5.75 Å². The van der Waals surface area contributed by atoms with E-state index in [0.29, 0.717) is 11.7 Å². The van der Waals surface area contributed by atoms with Crippen molar-refractivity contribution in [3.63, 3.8) is 0 Å². The number of amides is 1. The van der Waals surface area contributed by atoms with Gasteiger partial charge in [-0.1, -0.05) is 0 Å². The topological polar surface area (TPSA) is 89.3 Å². The number of carbonyl (C=O) groups excluding carboxylic acids is 1. The predicted molar refractivity (Wildman–Crippen MR) is 92.1 cm³/mol. The molecule has 0 bridgehead atoms. The van der Waals surface area contributed by atoms with E-state index < -0.39 is 0 Å². The van der Waals surface area contributed by atoms with E-state index in [1.165, 1.54) is 18.4 Å². The van der Waals surface area contributed by atoms with Gasteiger partial charge in [0, 0.05) is 29.8 Å². The van der Waals surface area contributed by atoms with E-state index in [1.807, 2.05) is 18.2 Å². The van der Waals surface area contributed by atoms with Gasteiger partial charge in [0.05, 0.1) is 0 Å². The number of hydrogen-bond donors (Lipinski definition) is 2. The number of aryl methyl sites for hydroxylation is 2. The molecule has 0 saturated carbocycles. The maximum absolute atomic E-state index is 11.9. The number of hydrazine groups is 1. The fourth-order valence-electron chi connectivity index (χ4n) is 3.01. The highest BCUT2D eigenvalue weighted by atomic mass is 16.5. The highest BCUT2D eigenvalue weighted by Gasteiger charge is 2.18. The molecular weight excluding hydrogens is 320 g/mol. The number of anilines is 1. The summed E-state index contributed by atoms with van der Waals surface area (Å²) in [5.41, 5.74) is 7.28. The van der Waals surface area contributed by atoms with Gasteiger partial charge in [-0.3, -0.25) is 15.6 Å². The molecule has 0 atom stereocenters. The Morgan fingerprint density at radius 3 is 2.92 bits per heavy atom. The van der Waals surface area contributed by atoms with Gasteiger partial charge < -0.3 is 9.15 Å². The highest BCUT2D eigenvalue weighted by Crippen LogP contribution is 2.33. The molecule has 3 aromatic rings. The molecular formula is C18H18N4O3. The Morgan fingerprint density at radius 2 is 2.04 bits per heavy atom. The second-order valence-electron chi connectivity index (χ2n) is 5.90. The van der Waals surface area contributed by atoms with Crippen molar-refractivity contribution in [1.82, 2.24) is 15.4 Å². The van der Waals surface area contributed by atoms with Crippen LogP contribution in [0.3, 0.4) is 0 Å². The van der Waals surface area contributed by atoms with Crippen molar-refractivity contribution < 1.29 is 13.9 Å². The molecule has 0 aliphatic heterocycles. The highest BCUT2D eigenvalue weighted by molar-refractivity contribution is 5.84. The summed E-state index contributed by atoms with van der Waals surface area (Å²) in [6, 6.07) is 7.36.